The van der Waals surface area contributed by atoms with Crippen LogP contribution in [0.2, 0.25) is 0 Å². The van der Waals surface area contributed by atoms with Gasteiger partial charge < -0.3 is 62.9 Å². The van der Waals surface area contributed by atoms with Gasteiger partial charge in [0.25, 0.3) is 0 Å². The smallest absolute Gasteiger partial charge is 0.316 e. The van der Waals surface area contributed by atoms with Crippen LogP contribution < -0.4 is 5.32 Å². The zero-order chi connectivity index (χ0) is 46.1. The molecule has 6 aliphatic heterocycles. The Bertz CT molecular complexity index is 1770. The Morgan fingerprint density at radius 3 is 2.36 bits per heavy atom. The first-order chi connectivity index (χ1) is 30.5. The molecule has 20 atom stereocenters. The molecule has 14 heteroatoms. The highest BCUT2D eigenvalue weighted by molar-refractivity contribution is 5.78. The number of ether oxygens (including phenoxy) is 10. The Kier molecular flexibility index (Phi) is 16.2. The molecule has 14 nitrogen and oxygen atoms in total. The van der Waals surface area contributed by atoms with E-state index in [1.165, 1.54) is 0 Å². The number of carbonyl (C=O) groups excluding carboxylic acids is 1. The van der Waals surface area contributed by atoms with Gasteiger partial charge in [0, 0.05) is 51.7 Å². The van der Waals surface area contributed by atoms with Crippen molar-refractivity contribution in [3.8, 4) is 0 Å². The summed E-state index contributed by atoms with van der Waals surface area (Å²) in [5.74, 6) is -2.49. The molecule has 0 aromatic heterocycles. The van der Waals surface area contributed by atoms with Gasteiger partial charge in [-0.2, -0.15) is 0 Å². The van der Waals surface area contributed by atoms with E-state index in [4.69, 9.17) is 47.4 Å². The predicted molar refractivity (Wildman–Crippen MR) is 239 cm³/mol. The van der Waals surface area contributed by atoms with Gasteiger partial charge in [0.15, 0.2) is 18.4 Å². The molecule has 1 aliphatic carbocycles. The molecule has 4 fully saturated rings. The zero-order valence-electron chi connectivity index (χ0n) is 40.0. The summed E-state index contributed by atoms with van der Waals surface area (Å²) in [4.78, 5) is 14.4. The molecule has 1 spiro atoms. The molecule has 360 valence electrons. The lowest BCUT2D eigenvalue weighted by Crippen LogP contribution is -2.58. The normalized spacial score (nSPS) is 48.0. The van der Waals surface area contributed by atoms with Gasteiger partial charge in [0.1, 0.15) is 35.9 Å². The maximum absolute atomic E-state index is 14.4. The van der Waals surface area contributed by atoms with Crippen molar-refractivity contribution in [2.75, 3.05) is 27.9 Å². The molecule has 3 N–H and O–H groups in total. The highest BCUT2D eigenvalue weighted by atomic mass is 16.7. The summed E-state index contributed by atoms with van der Waals surface area (Å²) in [5, 5.41) is 27.1. The van der Waals surface area contributed by atoms with Crippen LogP contribution in [0.25, 0.3) is 0 Å². The molecular weight excluding hydrogens is 823 g/mol. The average molecular weight is 900 g/mol. The fourth-order valence-electron chi connectivity index (χ4n) is 11.4. The van der Waals surface area contributed by atoms with Crippen LogP contribution in [0.4, 0.5) is 0 Å². The number of esters is 1. The molecule has 0 aromatic carbocycles. The molecule has 4 saturated heterocycles. The van der Waals surface area contributed by atoms with E-state index >= 15 is 0 Å². The number of allylic oxidation sites excluding steroid dienone is 2. The van der Waals surface area contributed by atoms with Crippen LogP contribution in [0.15, 0.2) is 59.3 Å². The van der Waals surface area contributed by atoms with Gasteiger partial charge in [-0.05, 0) is 76.3 Å². The van der Waals surface area contributed by atoms with E-state index in [1.807, 2.05) is 39.1 Å². The van der Waals surface area contributed by atoms with Crippen LogP contribution in [0.1, 0.15) is 100 Å². The minimum atomic E-state index is -1.83. The van der Waals surface area contributed by atoms with Gasteiger partial charge in [0.2, 0.25) is 0 Å². The number of aliphatic hydroxyl groups is 2. The Hall–Kier alpha value is -2.31. The van der Waals surface area contributed by atoms with Crippen LogP contribution in [0.5, 0.6) is 0 Å². The van der Waals surface area contributed by atoms with Crippen LogP contribution in [-0.4, -0.2) is 141 Å². The van der Waals surface area contributed by atoms with Crippen molar-refractivity contribution >= 4 is 5.97 Å². The number of aliphatic hydroxyl groups excluding tert-OH is 1. The van der Waals surface area contributed by atoms with E-state index in [1.54, 1.807) is 33.3 Å². The fraction of sp³-hybridized carbons (Fsp3) is 0.780. The molecule has 0 amide bonds. The quantitative estimate of drug-likeness (QED) is 0.173. The highest BCUT2D eigenvalue weighted by Gasteiger charge is 2.60. The molecule has 0 saturated carbocycles. The fourth-order valence-corrected chi connectivity index (χ4v) is 11.4. The summed E-state index contributed by atoms with van der Waals surface area (Å²) in [7, 11) is 5.31. The van der Waals surface area contributed by atoms with Crippen molar-refractivity contribution < 1.29 is 62.4 Å². The third-order valence-corrected chi connectivity index (χ3v) is 15.0. The minimum absolute atomic E-state index is 0.0414. The minimum Gasteiger partial charge on any atom is -0.462 e. The molecule has 2 bridgehead atoms. The highest BCUT2D eigenvalue weighted by Crippen LogP contribution is 2.47. The predicted octanol–water partition coefficient (Wildman–Crippen LogP) is 5.99. The largest absolute Gasteiger partial charge is 0.462 e. The molecular formula is C50H77NO13. The van der Waals surface area contributed by atoms with Crippen molar-refractivity contribution in [1.82, 2.24) is 5.32 Å². The Labute approximate surface area is 381 Å². The van der Waals surface area contributed by atoms with Gasteiger partial charge in [-0.15, -0.1) is 0 Å². The number of rotatable bonds is 10. The molecule has 6 heterocycles. The monoisotopic (exact) mass is 900 g/mol. The summed E-state index contributed by atoms with van der Waals surface area (Å²) in [6.45, 7) is 16.5. The molecule has 7 aliphatic rings. The maximum Gasteiger partial charge on any atom is 0.316 e. The first-order valence-electron chi connectivity index (χ1n) is 23.9. The maximum atomic E-state index is 14.4. The van der Waals surface area contributed by atoms with E-state index in [0.29, 0.717) is 43.3 Å². The lowest BCUT2D eigenvalue weighted by atomic mass is 9.71. The second-order valence-electron chi connectivity index (χ2n) is 19.7. The van der Waals surface area contributed by atoms with Crippen molar-refractivity contribution in [3.63, 3.8) is 0 Å². The zero-order valence-corrected chi connectivity index (χ0v) is 40.0. The summed E-state index contributed by atoms with van der Waals surface area (Å²) < 4.78 is 64.7. The number of likely N-dealkylation sites (N-methyl/N-ethyl adjacent to an activating group) is 1. The summed E-state index contributed by atoms with van der Waals surface area (Å²) in [6, 6.07) is 0.0440. The number of nitrogens with one attached hydrogen (secondary N) is 1. The van der Waals surface area contributed by atoms with Crippen molar-refractivity contribution in [2.45, 2.75) is 197 Å². The van der Waals surface area contributed by atoms with E-state index in [9.17, 15) is 15.0 Å². The summed E-state index contributed by atoms with van der Waals surface area (Å²) in [5.41, 5.74) is 0.183. The SMILES string of the molecule is CCCC(C)[C@H]1O[C@]2(C=C[C@@H]1C)C[C@@H]1C[C@@H](C/C=C(\C)[C@@H](O[C@H]3C[C@H](OC)[C@@H](O[C@H]4C[C@H](OC)[C@H](NC)[C@H](C)O4)[C@H](C)O3)[C@@H](C)/C=C/C=C3\COC4[C@H](O)C(C)=C[C@@H](C(=O)O1)C34O)O2. The van der Waals surface area contributed by atoms with Gasteiger partial charge >= 0.3 is 5.97 Å². The number of carbonyl (C=O) groups is 1. The second kappa shape index (κ2) is 20.9. The first kappa shape index (κ1) is 49.6. The Morgan fingerprint density at radius 1 is 0.922 bits per heavy atom. The molecule has 3 unspecified atom stereocenters. The lowest BCUT2D eigenvalue weighted by Gasteiger charge is -2.48. The summed E-state index contributed by atoms with van der Waals surface area (Å²) >= 11 is 0. The van der Waals surface area contributed by atoms with E-state index in [-0.39, 0.29) is 67.0 Å². The topological polar surface area (TPSA) is 162 Å². The Balaban J connectivity index is 1.18. The summed E-state index contributed by atoms with van der Waals surface area (Å²) in [6.07, 6.45) is 11.9. The third-order valence-electron chi connectivity index (χ3n) is 15.0. The molecule has 0 radical (unpaired) electrons. The van der Waals surface area contributed by atoms with Crippen molar-refractivity contribution in [2.24, 2.45) is 23.7 Å². The molecule has 64 heavy (non-hydrogen) atoms. The van der Waals surface area contributed by atoms with Gasteiger partial charge in [-0.25, -0.2) is 0 Å². The van der Waals surface area contributed by atoms with Gasteiger partial charge in [-0.3, -0.25) is 4.79 Å². The number of hydrogen-bond donors (Lipinski definition) is 3. The van der Waals surface area contributed by atoms with Gasteiger partial charge in [0.05, 0.1) is 55.4 Å². The average Bonchev–Trinajstić information content (AvgIpc) is 3.60. The van der Waals surface area contributed by atoms with Crippen molar-refractivity contribution in [1.29, 1.82) is 0 Å². The lowest BCUT2D eigenvalue weighted by molar-refractivity contribution is -0.312. The third kappa shape index (κ3) is 10.2. The molecule has 7 rings (SSSR count). The van der Waals surface area contributed by atoms with Crippen LogP contribution >= 0.6 is 0 Å². The Morgan fingerprint density at radius 2 is 1.64 bits per heavy atom. The van der Waals surface area contributed by atoms with Crippen LogP contribution in [-0.2, 0) is 52.2 Å². The first-order valence-corrected chi connectivity index (χ1v) is 23.9. The van der Waals surface area contributed by atoms with Crippen molar-refractivity contribution in [3.05, 3.63) is 59.3 Å². The standard InChI is InChI=1S/C50H77NO13/c1-12-14-27(2)45-30(5)19-20-49(64-45)25-36-22-35(63-49)18-17-29(4)44(28(3)15-13-16-34-26-57-47-43(52)31(6)21-37(48(53)60-36)50(34,47)54)61-41-24-39(56-11)46(33(8)59-41)62-40-23-38(55-10)42(51-9)32(7)58-40/h13,15-17,19-21,27-28,30,32-33,35-47,51-52,54H,12,14,18,22-26H2,1-11H3/b15-13+,29-17+,34-16+/t27?,28-,30-,32-,33-,35+,36-,37-,38-,39-,40-,41-,42+,43+,44-,45+,46-,47?,49+,50?/m0/s1. The van der Waals surface area contributed by atoms with Gasteiger partial charge in [-0.1, -0.05) is 70.6 Å². The van der Waals surface area contributed by atoms with E-state index in [2.05, 4.69) is 52.1 Å². The van der Waals surface area contributed by atoms with Crippen LogP contribution in [0, 0.1) is 23.7 Å². The number of fused-ring (bicyclic) bond motifs is 2. The second-order valence-corrected chi connectivity index (χ2v) is 19.7. The number of methoxy groups -OCH3 is 2. The van der Waals surface area contributed by atoms with Crippen LogP contribution in [0.3, 0.4) is 0 Å². The van der Waals surface area contributed by atoms with E-state index in [0.717, 1.165) is 18.4 Å². The van der Waals surface area contributed by atoms with E-state index < -0.39 is 66.4 Å². The molecule has 0 aromatic rings. The number of hydrogen-bond acceptors (Lipinski definition) is 14.